The van der Waals surface area contributed by atoms with Crippen LogP contribution >= 0.6 is 11.3 Å². The second-order valence-corrected chi connectivity index (χ2v) is 6.91. The number of halogens is 2. The van der Waals surface area contributed by atoms with Crippen LogP contribution in [0.25, 0.3) is 15.6 Å². The van der Waals surface area contributed by atoms with Crippen molar-refractivity contribution in [2.75, 3.05) is 5.32 Å². The Morgan fingerprint density at radius 2 is 1.96 bits per heavy atom. The number of hydrogen-bond acceptors (Lipinski definition) is 3. The monoisotopic (exact) mass is 371 g/mol. The summed E-state index contributed by atoms with van der Waals surface area (Å²) in [5.41, 5.74) is 0.761. The van der Waals surface area contributed by atoms with Gasteiger partial charge in [0, 0.05) is 5.38 Å². The van der Waals surface area contributed by atoms with Gasteiger partial charge < -0.3 is 5.32 Å². The molecule has 26 heavy (non-hydrogen) atoms. The predicted molar refractivity (Wildman–Crippen MR) is 99.0 cm³/mol. The molecule has 4 rings (SSSR count). The molecule has 2 aromatic carbocycles. The number of amides is 1. The molecule has 4 nitrogen and oxygen atoms in total. The van der Waals surface area contributed by atoms with Crippen molar-refractivity contribution < 1.29 is 13.6 Å². The van der Waals surface area contributed by atoms with Crippen molar-refractivity contribution in [1.29, 1.82) is 0 Å². The highest BCUT2D eigenvalue weighted by Gasteiger charge is 2.21. The van der Waals surface area contributed by atoms with E-state index in [1.54, 1.807) is 0 Å². The summed E-state index contributed by atoms with van der Waals surface area (Å²) in [6, 6.07) is 13.8. The Bertz CT molecular complexity index is 1100. The van der Waals surface area contributed by atoms with E-state index in [0.29, 0.717) is 10.6 Å². The number of fused-ring (bicyclic) bond motifs is 2. The number of rotatable bonds is 4. The van der Waals surface area contributed by atoms with E-state index in [1.165, 1.54) is 16.1 Å². The number of carbonyl (C=O) groups excluding carboxylic acids is 1. The average molecular weight is 371 g/mol. The molecule has 132 valence electrons. The summed E-state index contributed by atoms with van der Waals surface area (Å²) in [6.45, 7) is 1.81. The van der Waals surface area contributed by atoms with E-state index in [2.05, 4.69) is 10.3 Å². The Morgan fingerprint density at radius 3 is 2.73 bits per heavy atom. The van der Waals surface area contributed by atoms with Gasteiger partial charge in [0.1, 0.15) is 16.9 Å². The van der Waals surface area contributed by atoms with Crippen molar-refractivity contribution in [3.8, 4) is 0 Å². The molecule has 0 bridgehead atoms. The second-order valence-electron chi connectivity index (χ2n) is 6.05. The molecule has 0 saturated carbocycles. The van der Waals surface area contributed by atoms with Gasteiger partial charge in [-0.1, -0.05) is 42.5 Å². The first-order valence-corrected chi connectivity index (χ1v) is 8.94. The van der Waals surface area contributed by atoms with E-state index in [4.69, 9.17) is 0 Å². The molecule has 7 heteroatoms. The molecule has 0 aliphatic rings. The highest BCUT2D eigenvalue weighted by molar-refractivity contribution is 7.16. The van der Waals surface area contributed by atoms with Gasteiger partial charge in [-0.3, -0.25) is 9.20 Å². The highest BCUT2D eigenvalue weighted by atomic mass is 32.1. The minimum atomic E-state index is -2.59. The maximum atomic E-state index is 13.0. The van der Waals surface area contributed by atoms with Crippen LogP contribution in [0.1, 0.15) is 30.5 Å². The van der Waals surface area contributed by atoms with Gasteiger partial charge in [0.15, 0.2) is 5.82 Å². The molecule has 0 fully saturated rings. The van der Waals surface area contributed by atoms with Gasteiger partial charge in [-0.15, -0.1) is 11.3 Å². The third-order valence-corrected chi connectivity index (χ3v) is 5.40. The molecule has 1 N–H and O–H groups in total. The summed E-state index contributed by atoms with van der Waals surface area (Å²) in [5, 5.41) is 6.31. The van der Waals surface area contributed by atoms with Gasteiger partial charge >= 0.3 is 0 Å². The van der Waals surface area contributed by atoms with Crippen molar-refractivity contribution in [3.63, 3.8) is 0 Å². The lowest BCUT2D eigenvalue weighted by Crippen LogP contribution is -2.19. The minimum Gasteiger partial charge on any atom is -0.308 e. The molecular weight excluding hydrogens is 356 g/mol. The Kier molecular flexibility index (Phi) is 4.16. The van der Waals surface area contributed by atoms with Crippen LogP contribution in [-0.2, 0) is 4.79 Å². The van der Waals surface area contributed by atoms with Crippen molar-refractivity contribution >= 4 is 38.7 Å². The largest absolute Gasteiger partial charge is 0.308 e. The first-order chi connectivity index (χ1) is 12.5. The van der Waals surface area contributed by atoms with E-state index in [-0.39, 0.29) is 11.6 Å². The van der Waals surface area contributed by atoms with Gasteiger partial charge in [0.2, 0.25) is 5.91 Å². The SMILES string of the molecule is CC(C(=O)Nc1ncn2c(C(F)F)csc12)c1ccc2ccccc2c1. The molecule has 1 atom stereocenters. The maximum Gasteiger partial charge on any atom is 0.279 e. The molecule has 2 aromatic heterocycles. The number of thiazole rings is 1. The van der Waals surface area contributed by atoms with Crippen LogP contribution in [0.4, 0.5) is 14.6 Å². The van der Waals surface area contributed by atoms with Crippen LogP contribution in [-0.4, -0.2) is 15.3 Å². The number of anilines is 1. The summed E-state index contributed by atoms with van der Waals surface area (Å²) in [5.74, 6) is -0.321. The lowest BCUT2D eigenvalue weighted by molar-refractivity contribution is -0.117. The minimum absolute atomic E-state index is 0.124. The van der Waals surface area contributed by atoms with Crippen LogP contribution < -0.4 is 5.32 Å². The lowest BCUT2D eigenvalue weighted by atomic mass is 9.97. The summed E-state index contributed by atoms with van der Waals surface area (Å²) in [7, 11) is 0. The quantitative estimate of drug-likeness (QED) is 0.534. The fourth-order valence-corrected chi connectivity index (χ4v) is 3.83. The van der Waals surface area contributed by atoms with Crippen molar-refractivity contribution in [1.82, 2.24) is 9.38 Å². The van der Waals surface area contributed by atoms with Crippen LogP contribution in [0.3, 0.4) is 0 Å². The average Bonchev–Trinajstić information content (AvgIpc) is 3.23. The van der Waals surface area contributed by atoms with Gasteiger partial charge in [-0.05, 0) is 23.3 Å². The number of benzene rings is 2. The number of carbonyl (C=O) groups is 1. The number of aromatic nitrogens is 2. The summed E-state index contributed by atoms with van der Waals surface area (Å²) >= 11 is 1.13. The zero-order valence-electron chi connectivity index (χ0n) is 13.8. The number of nitrogens with one attached hydrogen (secondary N) is 1. The molecular formula is C19H15F2N3OS. The fraction of sp³-hybridized carbons (Fsp3) is 0.158. The smallest absolute Gasteiger partial charge is 0.279 e. The maximum absolute atomic E-state index is 13.0. The number of nitrogens with zero attached hydrogens (tertiary/aromatic N) is 2. The van der Waals surface area contributed by atoms with Crippen molar-refractivity contribution in [2.24, 2.45) is 0 Å². The second kappa shape index (κ2) is 6.49. The standard InChI is InChI=1S/C19H15F2N3OS/c1-11(13-7-6-12-4-2-3-5-14(12)8-13)18(25)23-17-19-24(10-22-17)15(9-26-19)16(20)21/h2-11,16H,1H3,(H,23,25). The van der Waals surface area contributed by atoms with Crippen molar-refractivity contribution in [3.05, 3.63) is 65.4 Å². The molecule has 0 aliphatic carbocycles. The van der Waals surface area contributed by atoms with Gasteiger partial charge in [0.25, 0.3) is 6.43 Å². The Morgan fingerprint density at radius 1 is 1.19 bits per heavy atom. The van der Waals surface area contributed by atoms with E-state index in [1.807, 2.05) is 49.4 Å². The topological polar surface area (TPSA) is 46.4 Å². The van der Waals surface area contributed by atoms with E-state index < -0.39 is 12.3 Å². The zero-order valence-corrected chi connectivity index (χ0v) is 14.6. The highest BCUT2D eigenvalue weighted by Crippen LogP contribution is 2.30. The molecule has 1 unspecified atom stereocenters. The number of imidazole rings is 1. The first-order valence-electron chi connectivity index (χ1n) is 8.07. The van der Waals surface area contributed by atoms with E-state index in [9.17, 15) is 13.6 Å². The molecule has 2 heterocycles. The normalized spacial score (nSPS) is 12.8. The van der Waals surface area contributed by atoms with Crippen LogP contribution in [0.5, 0.6) is 0 Å². The Hall–Kier alpha value is -2.80. The third-order valence-electron chi connectivity index (χ3n) is 4.43. The molecule has 4 aromatic rings. The lowest BCUT2D eigenvalue weighted by Gasteiger charge is -2.12. The Balaban J connectivity index is 1.59. The molecule has 0 radical (unpaired) electrons. The number of alkyl halides is 2. The van der Waals surface area contributed by atoms with E-state index >= 15 is 0 Å². The van der Waals surface area contributed by atoms with Crippen LogP contribution in [0.2, 0.25) is 0 Å². The zero-order chi connectivity index (χ0) is 18.3. The summed E-state index contributed by atoms with van der Waals surface area (Å²) in [4.78, 5) is 17.2. The summed E-state index contributed by atoms with van der Waals surface area (Å²) in [6.07, 6.45) is -1.28. The van der Waals surface area contributed by atoms with Gasteiger partial charge in [0.05, 0.1) is 5.92 Å². The van der Waals surface area contributed by atoms with Crippen LogP contribution in [0, 0.1) is 0 Å². The van der Waals surface area contributed by atoms with Gasteiger partial charge in [-0.2, -0.15) is 0 Å². The molecule has 0 saturated heterocycles. The first kappa shape index (κ1) is 16.7. The Labute approximate surface area is 152 Å². The predicted octanol–water partition coefficient (Wildman–Crippen LogP) is 5.23. The van der Waals surface area contributed by atoms with Crippen LogP contribution in [0.15, 0.2) is 54.2 Å². The molecule has 1 amide bonds. The third kappa shape index (κ3) is 2.84. The van der Waals surface area contributed by atoms with Crippen molar-refractivity contribution in [2.45, 2.75) is 19.3 Å². The van der Waals surface area contributed by atoms with E-state index in [0.717, 1.165) is 27.7 Å². The van der Waals surface area contributed by atoms with Gasteiger partial charge in [-0.25, -0.2) is 13.8 Å². The molecule has 0 spiro atoms. The number of hydrogen-bond donors (Lipinski definition) is 1. The fourth-order valence-electron chi connectivity index (χ4n) is 2.90. The summed E-state index contributed by atoms with van der Waals surface area (Å²) < 4.78 is 27.2. The molecule has 0 aliphatic heterocycles.